The minimum atomic E-state index is -1.01. The molecular weight excluding hydrogens is 486 g/mol. The average Bonchev–Trinajstić information content (AvgIpc) is 2.89. The maximum absolute atomic E-state index is 13.4. The minimum absolute atomic E-state index is 0.0101. The van der Waals surface area contributed by atoms with Gasteiger partial charge in [0.05, 0.1) is 13.7 Å². The van der Waals surface area contributed by atoms with Crippen LogP contribution >= 0.6 is 11.6 Å². The van der Waals surface area contributed by atoms with Crippen LogP contribution in [-0.2, 0) is 14.3 Å². The Hall–Kier alpha value is -3.34. The number of hydrazine groups is 1. The van der Waals surface area contributed by atoms with Gasteiger partial charge in [-0.2, -0.15) is 0 Å². The van der Waals surface area contributed by atoms with Gasteiger partial charge in [-0.05, 0) is 43.2 Å². The Morgan fingerprint density at radius 3 is 2.50 bits per heavy atom. The molecule has 2 aliphatic rings. The molecule has 1 unspecified atom stereocenters. The third-order valence-electron chi connectivity index (χ3n) is 6.29. The first kappa shape index (κ1) is 25.7. The molecule has 2 saturated heterocycles. The van der Waals surface area contributed by atoms with E-state index in [1.165, 1.54) is 7.11 Å². The van der Waals surface area contributed by atoms with E-state index in [9.17, 15) is 14.4 Å². The molecule has 0 saturated carbocycles. The van der Waals surface area contributed by atoms with E-state index in [1.807, 2.05) is 9.91 Å². The van der Waals surface area contributed by atoms with Crippen LogP contribution in [0, 0.1) is 0 Å². The van der Waals surface area contributed by atoms with Gasteiger partial charge in [0, 0.05) is 41.9 Å². The zero-order chi connectivity index (χ0) is 25.5. The van der Waals surface area contributed by atoms with Crippen molar-refractivity contribution in [2.24, 2.45) is 0 Å². The summed E-state index contributed by atoms with van der Waals surface area (Å²) in [7, 11) is 1.51. The van der Waals surface area contributed by atoms with Gasteiger partial charge in [-0.15, -0.1) is 0 Å². The van der Waals surface area contributed by atoms with E-state index in [4.69, 9.17) is 21.1 Å². The van der Waals surface area contributed by atoms with Crippen LogP contribution in [0.5, 0.6) is 5.75 Å². The Balaban J connectivity index is 1.42. The van der Waals surface area contributed by atoms with E-state index >= 15 is 0 Å². The number of amides is 4. The summed E-state index contributed by atoms with van der Waals surface area (Å²) >= 11 is 5.92. The van der Waals surface area contributed by atoms with E-state index in [2.05, 4.69) is 16.1 Å². The van der Waals surface area contributed by atoms with Crippen molar-refractivity contribution in [3.63, 3.8) is 0 Å². The molecule has 2 fully saturated rings. The molecule has 11 heteroatoms. The lowest BCUT2D eigenvalue weighted by atomic mass is 10.0. The first-order chi connectivity index (χ1) is 17.4. The minimum Gasteiger partial charge on any atom is -0.496 e. The molecule has 1 atom stereocenters. The number of methoxy groups -OCH3 is 1. The van der Waals surface area contributed by atoms with E-state index in [0.29, 0.717) is 48.3 Å². The normalized spacial score (nSPS) is 17.8. The van der Waals surface area contributed by atoms with Crippen molar-refractivity contribution in [1.29, 1.82) is 0 Å². The molecule has 10 nitrogen and oxygen atoms in total. The number of anilines is 1. The number of carbonyl (C=O) groups is 3. The van der Waals surface area contributed by atoms with Gasteiger partial charge in [-0.1, -0.05) is 29.8 Å². The Kier molecular flexibility index (Phi) is 8.63. The lowest BCUT2D eigenvalue weighted by Crippen LogP contribution is -2.56. The predicted molar refractivity (Wildman–Crippen MR) is 135 cm³/mol. The van der Waals surface area contributed by atoms with Gasteiger partial charge in [0.25, 0.3) is 5.91 Å². The quantitative estimate of drug-likeness (QED) is 0.522. The maximum Gasteiger partial charge on any atom is 0.320 e. The van der Waals surface area contributed by atoms with Crippen LogP contribution in [0.15, 0.2) is 48.5 Å². The number of nitrogens with zero attached hydrogens (tertiary/aromatic N) is 2. The van der Waals surface area contributed by atoms with Gasteiger partial charge in [-0.25, -0.2) is 9.80 Å². The summed E-state index contributed by atoms with van der Waals surface area (Å²) in [5.74, 6) is 0.0940. The third kappa shape index (κ3) is 6.45. The summed E-state index contributed by atoms with van der Waals surface area (Å²) < 4.78 is 10.7. The molecule has 0 bridgehead atoms. The number of ether oxygens (including phenoxy) is 2. The standard InChI is InChI=1S/C25H30ClN5O5/c1-35-21-5-3-2-4-20(21)23(28-25(34)27-18-8-6-17(26)7-9-18)24(33)29-30-12-10-19(11-13-30)31-14-15-36-16-22(31)32/h2-9,19,23H,10-16H2,1H3,(H,29,33)(H2,27,28,34). The Morgan fingerprint density at radius 2 is 1.81 bits per heavy atom. The van der Waals surface area contributed by atoms with Crippen LogP contribution < -0.4 is 20.8 Å². The van der Waals surface area contributed by atoms with E-state index in [-0.39, 0.29) is 18.6 Å². The molecule has 2 aromatic rings. The zero-order valence-electron chi connectivity index (χ0n) is 20.0. The summed E-state index contributed by atoms with van der Waals surface area (Å²) in [5, 5.41) is 7.85. The molecule has 2 aliphatic heterocycles. The van der Waals surface area contributed by atoms with Gasteiger partial charge in [0.2, 0.25) is 5.91 Å². The monoisotopic (exact) mass is 515 g/mol. The number of rotatable bonds is 7. The van der Waals surface area contributed by atoms with Gasteiger partial charge in [0.1, 0.15) is 18.4 Å². The topological polar surface area (TPSA) is 112 Å². The van der Waals surface area contributed by atoms with E-state index < -0.39 is 18.0 Å². The van der Waals surface area contributed by atoms with Crippen molar-refractivity contribution < 1.29 is 23.9 Å². The molecule has 4 amide bonds. The fourth-order valence-electron chi connectivity index (χ4n) is 4.45. The highest BCUT2D eigenvalue weighted by molar-refractivity contribution is 6.30. The second kappa shape index (κ2) is 12.1. The molecule has 2 heterocycles. The number of carbonyl (C=O) groups excluding carboxylic acids is 3. The number of piperidine rings is 1. The molecule has 192 valence electrons. The molecule has 4 rings (SSSR count). The molecule has 0 aliphatic carbocycles. The molecular formula is C25H30ClN5O5. The number of hydrogen-bond acceptors (Lipinski definition) is 6. The van der Waals surface area contributed by atoms with Crippen LogP contribution in [0.25, 0.3) is 0 Å². The highest BCUT2D eigenvalue weighted by Gasteiger charge is 2.32. The fourth-order valence-corrected chi connectivity index (χ4v) is 4.57. The number of halogens is 1. The number of para-hydroxylation sites is 1. The molecule has 2 aromatic carbocycles. The second-order valence-corrected chi connectivity index (χ2v) is 9.05. The van der Waals surface area contributed by atoms with Crippen molar-refractivity contribution in [2.75, 3.05) is 45.3 Å². The summed E-state index contributed by atoms with van der Waals surface area (Å²) in [6.07, 6.45) is 1.46. The third-order valence-corrected chi connectivity index (χ3v) is 6.54. The predicted octanol–water partition coefficient (Wildman–Crippen LogP) is 2.57. The zero-order valence-corrected chi connectivity index (χ0v) is 20.8. The van der Waals surface area contributed by atoms with Crippen molar-refractivity contribution in [3.05, 3.63) is 59.1 Å². The highest BCUT2D eigenvalue weighted by Crippen LogP contribution is 2.26. The van der Waals surface area contributed by atoms with Crippen LogP contribution in [0.1, 0.15) is 24.4 Å². The summed E-state index contributed by atoms with van der Waals surface area (Å²) in [6.45, 7) is 2.43. The molecule has 0 radical (unpaired) electrons. The Labute approximate surface area is 214 Å². The van der Waals surface area contributed by atoms with Crippen LogP contribution in [0.3, 0.4) is 0 Å². The average molecular weight is 516 g/mol. The van der Waals surface area contributed by atoms with Gasteiger partial charge >= 0.3 is 6.03 Å². The summed E-state index contributed by atoms with van der Waals surface area (Å²) in [4.78, 5) is 40.2. The lowest BCUT2D eigenvalue weighted by Gasteiger charge is -2.40. The highest BCUT2D eigenvalue weighted by atomic mass is 35.5. The first-order valence-corrected chi connectivity index (χ1v) is 12.2. The van der Waals surface area contributed by atoms with Crippen molar-refractivity contribution in [3.8, 4) is 5.75 Å². The van der Waals surface area contributed by atoms with Crippen molar-refractivity contribution >= 4 is 35.1 Å². The largest absolute Gasteiger partial charge is 0.496 e. The second-order valence-electron chi connectivity index (χ2n) is 8.61. The summed E-state index contributed by atoms with van der Waals surface area (Å²) in [5.41, 5.74) is 3.99. The molecule has 0 aromatic heterocycles. The fraction of sp³-hybridized carbons (Fsp3) is 0.400. The number of morpholine rings is 1. The lowest BCUT2D eigenvalue weighted by molar-refractivity contribution is -0.147. The number of hydrogen-bond donors (Lipinski definition) is 3. The van der Waals surface area contributed by atoms with Crippen molar-refractivity contribution in [1.82, 2.24) is 20.7 Å². The van der Waals surface area contributed by atoms with Crippen LogP contribution in [0.4, 0.5) is 10.5 Å². The van der Waals surface area contributed by atoms with Crippen LogP contribution in [0.2, 0.25) is 5.02 Å². The molecule has 0 spiro atoms. The maximum atomic E-state index is 13.4. The smallest absolute Gasteiger partial charge is 0.320 e. The number of urea groups is 1. The summed E-state index contributed by atoms with van der Waals surface area (Å²) in [6, 6.07) is 12.3. The van der Waals surface area contributed by atoms with E-state index in [1.54, 1.807) is 48.5 Å². The Morgan fingerprint density at radius 1 is 1.08 bits per heavy atom. The SMILES string of the molecule is COc1ccccc1C(NC(=O)Nc1ccc(Cl)cc1)C(=O)NN1CCC(N2CCOCC2=O)CC1. The first-order valence-electron chi connectivity index (χ1n) is 11.8. The molecule has 3 N–H and O–H groups in total. The number of benzene rings is 2. The van der Waals surface area contributed by atoms with Crippen LogP contribution in [-0.4, -0.2) is 73.8 Å². The van der Waals surface area contributed by atoms with Gasteiger partial charge < -0.3 is 25.0 Å². The molecule has 36 heavy (non-hydrogen) atoms. The van der Waals surface area contributed by atoms with Gasteiger partial charge in [0.15, 0.2) is 0 Å². The van der Waals surface area contributed by atoms with Gasteiger partial charge in [-0.3, -0.25) is 15.0 Å². The van der Waals surface area contributed by atoms with E-state index in [0.717, 1.165) is 12.8 Å². The van der Waals surface area contributed by atoms with Crippen molar-refractivity contribution in [2.45, 2.75) is 24.9 Å². The Bertz CT molecular complexity index is 1070. The number of nitrogens with one attached hydrogen (secondary N) is 3.